The third-order valence-electron chi connectivity index (χ3n) is 1.64. The van der Waals surface area contributed by atoms with Gasteiger partial charge in [-0.2, -0.15) is 0 Å². The van der Waals surface area contributed by atoms with E-state index in [0.29, 0.717) is 9.99 Å². The lowest BCUT2D eigenvalue weighted by molar-refractivity contribution is 0.629. The van der Waals surface area contributed by atoms with Gasteiger partial charge in [-0.1, -0.05) is 0 Å². The van der Waals surface area contributed by atoms with E-state index in [1.54, 1.807) is 12.1 Å². The average Bonchev–Trinajstić information content (AvgIpc) is 2.12. The predicted molar refractivity (Wildman–Crippen MR) is 50.0 cm³/mol. The van der Waals surface area contributed by atoms with Gasteiger partial charge in [-0.3, -0.25) is 4.79 Å². The summed E-state index contributed by atoms with van der Waals surface area (Å²) >= 11 is 3.02. The molecule has 3 nitrogen and oxygen atoms in total. The van der Waals surface area contributed by atoms with Crippen molar-refractivity contribution in [2.75, 3.05) is 0 Å². The Morgan fingerprint density at radius 1 is 1.46 bits per heavy atom. The molecule has 0 atom stereocenters. The maximum atomic E-state index is 13.3. The number of fused-ring (bicyclic) bond motifs is 1. The van der Waals surface area contributed by atoms with Crippen LogP contribution in [-0.4, -0.2) is 9.97 Å². The minimum absolute atomic E-state index is 0.127. The molecule has 0 aliphatic heterocycles. The van der Waals surface area contributed by atoms with E-state index >= 15 is 0 Å². The number of nitrogens with one attached hydrogen (secondary N) is 1. The van der Waals surface area contributed by atoms with Gasteiger partial charge in [0.25, 0.3) is 5.56 Å². The molecule has 1 aromatic carbocycles. The van der Waals surface area contributed by atoms with Gasteiger partial charge in [-0.05, 0) is 28.1 Å². The second-order valence-electron chi connectivity index (χ2n) is 2.50. The second kappa shape index (κ2) is 2.92. The smallest absolute Gasteiger partial charge is 0.266 e. The number of halogens is 2. The Bertz CT molecular complexity index is 523. The summed E-state index contributed by atoms with van der Waals surface area (Å²) in [5.41, 5.74) is 0.145. The standard InChI is InChI=1S/C8H4BrFN2O/c9-4-1-2-5-8(7(4)10)12-6(13)3-11-5/h1-3H,(H,12,13). The van der Waals surface area contributed by atoms with Crippen LogP contribution in [-0.2, 0) is 0 Å². The Kier molecular flexibility index (Phi) is 1.88. The highest BCUT2D eigenvalue weighted by molar-refractivity contribution is 9.10. The number of H-pyrrole nitrogens is 1. The first kappa shape index (κ1) is 8.37. The topological polar surface area (TPSA) is 45.8 Å². The normalized spacial score (nSPS) is 10.6. The average molecular weight is 243 g/mol. The highest BCUT2D eigenvalue weighted by Crippen LogP contribution is 2.20. The number of hydrogen-bond acceptors (Lipinski definition) is 2. The van der Waals surface area contributed by atoms with E-state index in [2.05, 4.69) is 25.9 Å². The molecule has 2 aromatic rings. The monoisotopic (exact) mass is 242 g/mol. The fourth-order valence-corrected chi connectivity index (χ4v) is 1.38. The molecule has 0 saturated heterocycles. The van der Waals surface area contributed by atoms with E-state index in [1.165, 1.54) is 0 Å². The molecule has 0 amide bonds. The number of nitrogens with zero attached hydrogens (tertiary/aromatic N) is 1. The first-order chi connectivity index (χ1) is 6.18. The van der Waals surface area contributed by atoms with Gasteiger partial charge < -0.3 is 4.98 Å². The van der Waals surface area contributed by atoms with E-state index in [4.69, 9.17) is 0 Å². The third kappa shape index (κ3) is 1.35. The Hall–Kier alpha value is -1.23. The van der Waals surface area contributed by atoms with Crippen molar-refractivity contribution in [2.45, 2.75) is 0 Å². The van der Waals surface area contributed by atoms with Crippen molar-refractivity contribution in [3.05, 3.63) is 39.0 Å². The molecule has 0 bridgehead atoms. The van der Waals surface area contributed by atoms with Crippen molar-refractivity contribution in [3.63, 3.8) is 0 Å². The Balaban J connectivity index is 2.97. The van der Waals surface area contributed by atoms with E-state index < -0.39 is 11.4 Å². The number of aromatic nitrogens is 2. The van der Waals surface area contributed by atoms with E-state index in [9.17, 15) is 9.18 Å². The van der Waals surface area contributed by atoms with Gasteiger partial charge in [0.1, 0.15) is 5.52 Å². The lowest BCUT2D eigenvalue weighted by atomic mass is 10.3. The summed E-state index contributed by atoms with van der Waals surface area (Å²) in [6.45, 7) is 0. The third-order valence-corrected chi connectivity index (χ3v) is 2.25. The summed E-state index contributed by atoms with van der Waals surface area (Å²) in [4.78, 5) is 17.0. The molecule has 5 heteroatoms. The molecular formula is C8H4BrFN2O. The van der Waals surface area contributed by atoms with Crippen LogP contribution in [0.2, 0.25) is 0 Å². The molecule has 1 heterocycles. The molecule has 13 heavy (non-hydrogen) atoms. The Morgan fingerprint density at radius 3 is 3.00 bits per heavy atom. The van der Waals surface area contributed by atoms with Crippen molar-refractivity contribution < 1.29 is 4.39 Å². The predicted octanol–water partition coefficient (Wildman–Crippen LogP) is 1.82. The second-order valence-corrected chi connectivity index (χ2v) is 3.36. The zero-order chi connectivity index (χ0) is 9.42. The summed E-state index contributed by atoms with van der Waals surface area (Å²) in [5.74, 6) is -0.497. The molecule has 0 saturated carbocycles. The lowest BCUT2D eigenvalue weighted by Gasteiger charge is -1.98. The van der Waals surface area contributed by atoms with Crippen LogP contribution < -0.4 is 5.56 Å². The summed E-state index contributed by atoms with van der Waals surface area (Å²) in [7, 11) is 0. The van der Waals surface area contributed by atoms with Gasteiger partial charge in [-0.25, -0.2) is 9.37 Å². The Labute approximate surface area is 80.7 Å². The SMILES string of the molecule is O=c1cnc2ccc(Br)c(F)c2[nH]1. The van der Waals surface area contributed by atoms with Gasteiger partial charge >= 0.3 is 0 Å². The van der Waals surface area contributed by atoms with E-state index in [0.717, 1.165) is 6.20 Å². The quantitative estimate of drug-likeness (QED) is 0.767. The Morgan fingerprint density at radius 2 is 2.23 bits per heavy atom. The van der Waals surface area contributed by atoms with Crippen LogP contribution in [0.15, 0.2) is 27.6 Å². The van der Waals surface area contributed by atoms with Gasteiger partial charge in [0, 0.05) is 0 Å². The largest absolute Gasteiger partial charge is 0.317 e. The van der Waals surface area contributed by atoms with Crippen LogP contribution in [0.1, 0.15) is 0 Å². The van der Waals surface area contributed by atoms with Gasteiger partial charge in [0.2, 0.25) is 0 Å². The number of benzene rings is 1. The van der Waals surface area contributed by atoms with Crippen LogP contribution in [0.4, 0.5) is 4.39 Å². The molecule has 0 fully saturated rings. The zero-order valence-corrected chi connectivity index (χ0v) is 7.93. The number of rotatable bonds is 0. The summed E-state index contributed by atoms with van der Waals surface area (Å²) in [6, 6.07) is 3.17. The zero-order valence-electron chi connectivity index (χ0n) is 6.34. The molecule has 0 unspecified atom stereocenters. The van der Waals surface area contributed by atoms with Crippen LogP contribution >= 0.6 is 15.9 Å². The van der Waals surface area contributed by atoms with Crippen molar-refractivity contribution in [2.24, 2.45) is 0 Å². The highest BCUT2D eigenvalue weighted by atomic mass is 79.9. The summed E-state index contributed by atoms with van der Waals surface area (Å²) in [5, 5.41) is 0. The summed E-state index contributed by atoms with van der Waals surface area (Å²) < 4.78 is 13.6. The molecule has 66 valence electrons. The number of aromatic amines is 1. The van der Waals surface area contributed by atoms with E-state index in [1.807, 2.05) is 0 Å². The fourth-order valence-electron chi connectivity index (χ4n) is 1.05. The fraction of sp³-hybridized carbons (Fsp3) is 0. The van der Waals surface area contributed by atoms with Crippen molar-refractivity contribution in [3.8, 4) is 0 Å². The maximum absolute atomic E-state index is 13.3. The first-order valence-electron chi connectivity index (χ1n) is 3.51. The molecule has 0 aliphatic rings. The molecule has 0 radical (unpaired) electrons. The van der Waals surface area contributed by atoms with Crippen molar-refractivity contribution in [1.29, 1.82) is 0 Å². The van der Waals surface area contributed by atoms with Crippen molar-refractivity contribution >= 4 is 27.0 Å². The lowest BCUT2D eigenvalue weighted by Crippen LogP contribution is -2.06. The minimum atomic E-state index is -0.497. The van der Waals surface area contributed by atoms with Crippen LogP contribution in [0.25, 0.3) is 11.0 Å². The molecule has 2 rings (SSSR count). The van der Waals surface area contributed by atoms with Crippen LogP contribution in [0.5, 0.6) is 0 Å². The maximum Gasteiger partial charge on any atom is 0.266 e. The molecule has 1 N–H and O–H groups in total. The highest BCUT2D eigenvalue weighted by Gasteiger charge is 2.05. The van der Waals surface area contributed by atoms with Gasteiger partial charge in [-0.15, -0.1) is 0 Å². The number of hydrogen-bond donors (Lipinski definition) is 1. The van der Waals surface area contributed by atoms with Crippen LogP contribution in [0.3, 0.4) is 0 Å². The molecule has 0 spiro atoms. The minimum Gasteiger partial charge on any atom is -0.317 e. The van der Waals surface area contributed by atoms with Gasteiger partial charge in [0.05, 0.1) is 16.2 Å². The van der Waals surface area contributed by atoms with Crippen LogP contribution in [0, 0.1) is 5.82 Å². The van der Waals surface area contributed by atoms with Crippen molar-refractivity contribution in [1.82, 2.24) is 9.97 Å². The molecule has 1 aromatic heterocycles. The van der Waals surface area contributed by atoms with Gasteiger partial charge in [0.15, 0.2) is 5.82 Å². The molecular weight excluding hydrogens is 239 g/mol. The summed E-state index contributed by atoms with van der Waals surface area (Å²) in [6.07, 6.45) is 1.12. The van der Waals surface area contributed by atoms with E-state index in [-0.39, 0.29) is 5.52 Å². The first-order valence-corrected chi connectivity index (χ1v) is 4.31. The molecule has 0 aliphatic carbocycles.